The molecule has 75 heavy (non-hydrogen) atoms. The molecule has 0 bridgehead atoms. The van der Waals surface area contributed by atoms with E-state index in [4.69, 9.17) is 34.4 Å². The Kier molecular flexibility index (Phi) is 24.3. The third-order valence-electron chi connectivity index (χ3n) is 13.0. The van der Waals surface area contributed by atoms with E-state index in [1.165, 1.54) is 6.92 Å². The molecule has 18 N–H and O–H groups in total. The van der Waals surface area contributed by atoms with Crippen LogP contribution in [0, 0.1) is 18.8 Å². The molecule has 6 amide bonds. The molecule has 0 saturated carbocycles. The minimum atomic E-state index is -1.41. The van der Waals surface area contributed by atoms with E-state index in [0.717, 1.165) is 22.0 Å². The summed E-state index contributed by atoms with van der Waals surface area (Å²) in [5.74, 6) is -7.98. The molecule has 1 fully saturated rings. The molecular formula is C52H76N14O9. The molecule has 0 spiro atoms. The standard InChI is InChI=1S/C52H76N14O9/c1-30-10-7-11-32(24-30)25-43-45(70)27-33(12-8-22-59-51(55)56)44(69)28-34(26-35-29-61-38-15-6-4-14-37(35)38)47(72)63-39(46(54)71)16-5-3-13-36(68)18-19-41(49(74)65-42(20-21-53)50(75)66-43)64-48(73)40(62-31(2)67)17-9-23-60-52(57)58/h4,6-7,10-11,14-15,24,29,33-34,39-43,61H,3,5,8-9,12-13,16-23,25-28,53H2,1-2H3,(H2,54,71)(H,62,67)(H,63,72)(H,64,73)(H,65,74)(H,66,75)(H4,55,56,59)(H4,57,58,60)/t33-,34-,39+,40+,41+,42+,43-/m1/s1. The molecule has 0 unspecified atom stereocenters. The summed E-state index contributed by atoms with van der Waals surface area (Å²) < 4.78 is 0. The highest BCUT2D eigenvalue weighted by molar-refractivity contribution is 5.98. The first kappa shape index (κ1) is 59.9. The van der Waals surface area contributed by atoms with Gasteiger partial charge in [0.25, 0.3) is 0 Å². The molecule has 1 aliphatic rings. The number of fused-ring (bicyclic) bond motifs is 1. The number of nitrogens with two attached hydrogens (primary N) is 6. The number of nitrogens with zero attached hydrogens (tertiary/aromatic N) is 2. The van der Waals surface area contributed by atoms with Crippen molar-refractivity contribution in [2.45, 2.75) is 140 Å². The van der Waals surface area contributed by atoms with Gasteiger partial charge in [-0.2, -0.15) is 0 Å². The van der Waals surface area contributed by atoms with Gasteiger partial charge < -0.3 is 66.0 Å². The van der Waals surface area contributed by atoms with Gasteiger partial charge in [-0.15, -0.1) is 0 Å². The molecule has 1 aromatic heterocycles. The molecule has 23 nitrogen and oxygen atoms in total. The average Bonchev–Trinajstić information content (AvgIpc) is 3.76. The van der Waals surface area contributed by atoms with E-state index >= 15 is 0 Å². The number of Topliss-reactive ketones (excluding diaryl/α,β-unsaturated/α-hetero) is 3. The Morgan fingerprint density at radius 2 is 1.43 bits per heavy atom. The number of primary amides is 1. The molecule has 0 aliphatic carbocycles. The molecular weight excluding hydrogens is 965 g/mol. The normalized spacial score (nSPS) is 21.4. The van der Waals surface area contributed by atoms with Gasteiger partial charge in [0.15, 0.2) is 17.7 Å². The minimum absolute atomic E-state index is 0.00214. The van der Waals surface area contributed by atoms with Crippen LogP contribution in [0.15, 0.2) is 64.7 Å². The number of rotatable bonds is 18. The smallest absolute Gasteiger partial charge is 0.243 e. The number of amides is 6. The van der Waals surface area contributed by atoms with Gasteiger partial charge in [0.2, 0.25) is 35.4 Å². The largest absolute Gasteiger partial charge is 0.370 e. The fourth-order valence-corrected chi connectivity index (χ4v) is 9.08. The van der Waals surface area contributed by atoms with Crippen LogP contribution in [0.1, 0.15) is 107 Å². The van der Waals surface area contributed by atoms with Gasteiger partial charge in [-0.05, 0) is 94.9 Å². The van der Waals surface area contributed by atoms with Crippen molar-refractivity contribution in [3.63, 3.8) is 0 Å². The molecule has 0 radical (unpaired) electrons. The lowest BCUT2D eigenvalue weighted by Crippen LogP contribution is -2.58. The van der Waals surface area contributed by atoms with Gasteiger partial charge in [0.1, 0.15) is 35.7 Å². The van der Waals surface area contributed by atoms with E-state index in [1.54, 1.807) is 18.3 Å². The van der Waals surface area contributed by atoms with Crippen molar-refractivity contribution in [1.29, 1.82) is 0 Å². The quantitative estimate of drug-likeness (QED) is 0.0443. The fourth-order valence-electron chi connectivity index (χ4n) is 9.08. The number of aromatic amines is 1. The highest BCUT2D eigenvalue weighted by Gasteiger charge is 2.35. The van der Waals surface area contributed by atoms with Crippen LogP contribution in [0.3, 0.4) is 0 Å². The molecule has 408 valence electrons. The number of aliphatic imine (C=N–C) groups is 2. The van der Waals surface area contributed by atoms with Crippen molar-refractivity contribution < 1.29 is 43.2 Å². The maximum atomic E-state index is 14.8. The van der Waals surface area contributed by atoms with Crippen LogP contribution >= 0.6 is 0 Å². The summed E-state index contributed by atoms with van der Waals surface area (Å²) in [4.78, 5) is 136. The Labute approximate surface area is 436 Å². The number of ketones is 3. The Morgan fingerprint density at radius 3 is 2.11 bits per heavy atom. The van der Waals surface area contributed by atoms with Crippen LogP contribution in [0.4, 0.5) is 0 Å². The van der Waals surface area contributed by atoms with Crippen molar-refractivity contribution in [3.05, 3.63) is 71.4 Å². The van der Waals surface area contributed by atoms with Crippen molar-refractivity contribution in [2.24, 2.45) is 56.2 Å². The van der Waals surface area contributed by atoms with Gasteiger partial charge in [-0.1, -0.05) is 54.4 Å². The Hall–Kier alpha value is -7.69. The van der Waals surface area contributed by atoms with Crippen molar-refractivity contribution in [1.82, 2.24) is 31.6 Å². The van der Waals surface area contributed by atoms with Crippen LogP contribution in [0.2, 0.25) is 0 Å². The summed E-state index contributed by atoms with van der Waals surface area (Å²) in [5, 5.41) is 14.3. The second-order valence-electron chi connectivity index (χ2n) is 19.2. The number of para-hydroxylation sites is 1. The number of aromatic nitrogens is 1. The SMILES string of the molecule is CC(=O)N[C@@H](CCCN=C(N)N)C(=O)N[C@H]1CCC(=O)CCCC[C@@H](C(N)=O)NC(=O)[C@H](Cc2c[nH]c3ccccc23)CC(=O)[C@H](CCCN=C(N)N)CC(=O)[C@@H](Cc2cccc(C)c2)NC(=O)[C@H](CCN)NC1=O. The molecule has 4 rings (SSSR count). The van der Waals surface area contributed by atoms with Crippen molar-refractivity contribution in [3.8, 4) is 0 Å². The Bertz CT molecular complexity index is 2540. The van der Waals surface area contributed by atoms with Crippen molar-refractivity contribution >= 4 is 75.6 Å². The van der Waals surface area contributed by atoms with Crippen LogP contribution in [-0.2, 0) is 56.0 Å². The van der Waals surface area contributed by atoms with Gasteiger partial charge >= 0.3 is 0 Å². The van der Waals surface area contributed by atoms with E-state index in [9.17, 15) is 43.2 Å². The summed E-state index contributed by atoms with van der Waals surface area (Å²) in [5.41, 5.74) is 37.0. The first-order valence-electron chi connectivity index (χ1n) is 25.5. The number of carbonyl (C=O) groups excluding carboxylic acids is 9. The molecule has 7 atom stereocenters. The zero-order valence-electron chi connectivity index (χ0n) is 43.0. The van der Waals surface area contributed by atoms with Gasteiger partial charge in [-0.3, -0.25) is 53.1 Å². The van der Waals surface area contributed by atoms with E-state index in [-0.39, 0.29) is 134 Å². The lowest BCUT2D eigenvalue weighted by atomic mass is 9.83. The lowest BCUT2D eigenvalue weighted by Gasteiger charge is -2.27. The number of aryl methyl sites for hydroxylation is 1. The Morgan fingerprint density at radius 1 is 0.733 bits per heavy atom. The number of nitrogens with one attached hydrogen (secondary N) is 6. The van der Waals surface area contributed by atoms with Crippen LogP contribution in [0.25, 0.3) is 10.9 Å². The van der Waals surface area contributed by atoms with E-state index in [0.29, 0.717) is 5.56 Å². The van der Waals surface area contributed by atoms with E-state index in [1.807, 2.05) is 43.3 Å². The highest BCUT2D eigenvalue weighted by Crippen LogP contribution is 2.26. The topological polar surface area (TPSA) is 410 Å². The molecule has 2 heterocycles. The monoisotopic (exact) mass is 1040 g/mol. The van der Waals surface area contributed by atoms with Gasteiger partial charge in [-0.25, -0.2) is 0 Å². The lowest BCUT2D eigenvalue weighted by molar-refractivity contribution is -0.135. The third-order valence-corrected chi connectivity index (χ3v) is 13.0. The number of guanidine groups is 2. The van der Waals surface area contributed by atoms with E-state index < -0.39 is 89.1 Å². The zero-order chi connectivity index (χ0) is 55.0. The first-order valence-corrected chi connectivity index (χ1v) is 25.5. The maximum absolute atomic E-state index is 14.8. The number of hydrogen-bond donors (Lipinski definition) is 12. The predicted octanol–water partition coefficient (Wildman–Crippen LogP) is -0.279. The maximum Gasteiger partial charge on any atom is 0.243 e. The number of hydrogen-bond acceptors (Lipinski definition) is 12. The molecule has 2 aromatic carbocycles. The van der Waals surface area contributed by atoms with Crippen LogP contribution in [-0.4, -0.2) is 120 Å². The summed E-state index contributed by atoms with van der Waals surface area (Å²) in [7, 11) is 0. The second kappa shape index (κ2) is 30.5. The van der Waals surface area contributed by atoms with Gasteiger partial charge in [0.05, 0.1) is 6.04 Å². The summed E-state index contributed by atoms with van der Waals surface area (Å²) in [6.45, 7) is 3.26. The number of carbonyl (C=O) groups is 9. The number of benzene rings is 2. The molecule has 3 aromatic rings. The average molecular weight is 1040 g/mol. The summed E-state index contributed by atoms with van der Waals surface area (Å²) in [6, 6.07) is 8.42. The first-order chi connectivity index (χ1) is 35.7. The molecule has 23 heteroatoms. The zero-order valence-corrected chi connectivity index (χ0v) is 43.0. The highest BCUT2D eigenvalue weighted by atomic mass is 16.2. The summed E-state index contributed by atoms with van der Waals surface area (Å²) >= 11 is 0. The van der Waals surface area contributed by atoms with Crippen LogP contribution in [0.5, 0.6) is 0 Å². The van der Waals surface area contributed by atoms with Crippen LogP contribution < -0.4 is 61.0 Å². The summed E-state index contributed by atoms with van der Waals surface area (Å²) in [6.07, 6.45) is 1.88. The Balaban J connectivity index is 1.77. The molecule has 1 saturated heterocycles. The second-order valence-corrected chi connectivity index (χ2v) is 19.2. The fraction of sp³-hybridized carbons (Fsp3) is 0.519. The minimum Gasteiger partial charge on any atom is -0.370 e. The predicted molar refractivity (Wildman–Crippen MR) is 284 cm³/mol. The number of H-pyrrole nitrogens is 1. The molecule has 1 aliphatic heterocycles. The van der Waals surface area contributed by atoms with E-state index in [2.05, 4.69) is 41.6 Å². The van der Waals surface area contributed by atoms with Crippen molar-refractivity contribution in [2.75, 3.05) is 19.6 Å². The van der Waals surface area contributed by atoms with Gasteiger partial charge in [0, 0.05) is 74.6 Å². The third kappa shape index (κ3) is 20.6.